The van der Waals surface area contributed by atoms with Crippen LogP contribution in [0.5, 0.6) is 0 Å². The molecule has 11 nitrogen and oxygen atoms in total. The van der Waals surface area contributed by atoms with Gasteiger partial charge >= 0.3 is 12.3 Å². The lowest BCUT2D eigenvalue weighted by Gasteiger charge is -2.39. The average Bonchev–Trinajstić information content (AvgIpc) is 3.65. The molecule has 3 fully saturated rings. The zero-order valence-electron chi connectivity index (χ0n) is 26.3. The number of hydrogen-bond acceptors (Lipinski definition) is 9. The Morgan fingerprint density at radius 2 is 1.82 bits per heavy atom. The summed E-state index contributed by atoms with van der Waals surface area (Å²) in [5.74, 6) is 0.274. The van der Waals surface area contributed by atoms with E-state index in [1.54, 1.807) is 4.90 Å². The zero-order chi connectivity index (χ0) is 32.3. The van der Waals surface area contributed by atoms with Gasteiger partial charge in [-0.05, 0) is 60.3 Å². The molecule has 6 rings (SSSR count). The van der Waals surface area contributed by atoms with Gasteiger partial charge < -0.3 is 19.3 Å². The van der Waals surface area contributed by atoms with Crippen molar-refractivity contribution in [3.05, 3.63) is 47.2 Å². The number of carbonyl (C=O) groups is 1. The Morgan fingerprint density at radius 1 is 1.09 bits per heavy atom. The largest absolute Gasteiger partial charge is 0.444 e. The van der Waals surface area contributed by atoms with Crippen molar-refractivity contribution in [1.82, 2.24) is 34.6 Å². The molecule has 242 valence electrons. The van der Waals surface area contributed by atoms with E-state index >= 15 is 0 Å². The SMILES string of the molecule is C=C(CCc1nc(N2CC(C)OC(c3cnn(C4CC4)c3)C2)nc2nc(C)c(C3CN(C(=O)OC(C)(C)C)C3)nc12)C(F)(F)F. The number of ether oxygens (including phenoxy) is 2. The van der Waals surface area contributed by atoms with Gasteiger partial charge in [-0.2, -0.15) is 23.3 Å². The predicted octanol–water partition coefficient (Wildman–Crippen LogP) is 5.61. The first-order valence-electron chi connectivity index (χ1n) is 15.4. The number of likely N-dealkylation sites (tertiary alicyclic amines) is 1. The number of carbonyl (C=O) groups excluding carboxylic acids is 1. The van der Waals surface area contributed by atoms with Gasteiger partial charge in [0.05, 0.1) is 42.0 Å². The minimum Gasteiger partial charge on any atom is -0.444 e. The number of morpholine rings is 1. The normalized spacial score (nSPS) is 21.2. The molecule has 14 heteroatoms. The van der Waals surface area contributed by atoms with Crippen LogP contribution in [0.15, 0.2) is 24.5 Å². The molecule has 2 atom stereocenters. The predicted molar refractivity (Wildman–Crippen MR) is 160 cm³/mol. The molecule has 1 saturated carbocycles. The summed E-state index contributed by atoms with van der Waals surface area (Å²) in [7, 11) is 0. The van der Waals surface area contributed by atoms with E-state index in [0.29, 0.717) is 66.4 Å². The number of anilines is 1. The van der Waals surface area contributed by atoms with E-state index < -0.39 is 23.4 Å². The van der Waals surface area contributed by atoms with Crippen LogP contribution in [0.2, 0.25) is 0 Å². The highest BCUT2D eigenvalue weighted by molar-refractivity contribution is 5.75. The molecule has 3 aliphatic rings. The summed E-state index contributed by atoms with van der Waals surface area (Å²) in [5, 5.41) is 4.51. The molecule has 2 unspecified atom stereocenters. The van der Waals surface area contributed by atoms with Gasteiger partial charge in [0, 0.05) is 42.9 Å². The van der Waals surface area contributed by atoms with Gasteiger partial charge in [0.2, 0.25) is 5.95 Å². The van der Waals surface area contributed by atoms with Crippen LogP contribution in [0.3, 0.4) is 0 Å². The summed E-state index contributed by atoms with van der Waals surface area (Å²) in [4.78, 5) is 35.2. The first kappa shape index (κ1) is 31.2. The summed E-state index contributed by atoms with van der Waals surface area (Å²) in [5.41, 5.74) is 1.87. The Balaban J connectivity index is 1.29. The molecule has 3 aromatic heterocycles. The fraction of sp³-hybridized carbons (Fsp3) is 0.613. The first-order chi connectivity index (χ1) is 21.1. The Kier molecular flexibility index (Phi) is 7.99. The first-order valence-corrected chi connectivity index (χ1v) is 15.4. The molecule has 1 aliphatic carbocycles. The molecular formula is C31H39F3N8O3. The van der Waals surface area contributed by atoms with Crippen molar-refractivity contribution in [2.45, 2.75) is 96.2 Å². The fourth-order valence-electron chi connectivity index (χ4n) is 5.68. The van der Waals surface area contributed by atoms with Crippen molar-refractivity contribution >= 4 is 23.2 Å². The van der Waals surface area contributed by atoms with Crippen LogP contribution in [0.4, 0.5) is 23.9 Å². The molecule has 5 heterocycles. The van der Waals surface area contributed by atoms with E-state index in [-0.39, 0.29) is 31.0 Å². The number of rotatable bonds is 7. The molecule has 0 spiro atoms. The lowest BCUT2D eigenvalue weighted by Crippen LogP contribution is -2.50. The average molecular weight is 629 g/mol. The Morgan fingerprint density at radius 3 is 2.49 bits per heavy atom. The maximum absolute atomic E-state index is 13.4. The van der Waals surface area contributed by atoms with Crippen molar-refractivity contribution in [1.29, 1.82) is 0 Å². The minimum absolute atomic E-state index is 0.0340. The highest BCUT2D eigenvalue weighted by Gasteiger charge is 2.38. The summed E-state index contributed by atoms with van der Waals surface area (Å²) in [6, 6.07) is 0.445. The van der Waals surface area contributed by atoms with Gasteiger partial charge in [0.15, 0.2) is 5.65 Å². The third-order valence-corrected chi connectivity index (χ3v) is 8.24. The topological polar surface area (TPSA) is 111 Å². The second-order valence-electron chi connectivity index (χ2n) is 13.3. The van der Waals surface area contributed by atoms with Gasteiger partial charge in [0.25, 0.3) is 0 Å². The van der Waals surface area contributed by atoms with Gasteiger partial charge in [-0.15, -0.1) is 0 Å². The molecule has 0 radical (unpaired) electrons. The number of halogens is 3. The monoisotopic (exact) mass is 628 g/mol. The summed E-state index contributed by atoms with van der Waals surface area (Å²) in [6.45, 7) is 14.2. The smallest absolute Gasteiger partial charge is 0.412 e. The van der Waals surface area contributed by atoms with Gasteiger partial charge in [-0.25, -0.2) is 19.7 Å². The van der Waals surface area contributed by atoms with E-state index in [0.717, 1.165) is 18.4 Å². The van der Waals surface area contributed by atoms with Crippen LogP contribution in [-0.4, -0.2) is 84.8 Å². The number of allylic oxidation sites excluding steroid dienone is 1. The minimum atomic E-state index is -4.51. The Hall–Kier alpha value is -3.81. The number of alkyl halides is 3. The maximum atomic E-state index is 13.4. The molecular weight excluding hydrogens is 589 g/mol. The Bertz CT molecular complexity index is 1610. The highest BCUT2D eigenvalue weighted by Crippen LogP contribution is 2.36. The second-order valence-corrected chi connectivity index (χ2v) is 13.3. The number of hydrogen-bond donors (Lipinski definition) is 0. The van der Waals surface area contributed by atoms with Gasteiger partial charge in [-0.3, -0.25) is 4.68 Å². The summed E-state index contributed by atoms with van der Waals surface area (Å²) >= 11 is 0. The van der Waals surface area contributed by atoms with Crippen molar-refractivity contribution in [2.24, 2.45) is 0 Å². The highest BCUT2D eigenvalue weighted by atomic mass is 19.4. The van der Waals surface area contributed by atoms with E-state index in [1.807, 2.05) is 56.6 Å². The van der Waals surface area contributed by atoms with Crippen LogP contribution in [0.1, 0.15) is 87.7 Å². The van der Waals surface area contributed by atoms with Crippen LogP contribution in [0, 0.1) is 6.92 Å². The molecule has 1 amide bonds. The molecule has 2 aliphatic heterocycles. The molecule has 45 heavy (non-hydrogen) atoms. The number of nitrogens with zero attached hydrogens (tertiary/aromatic N) is 8. The standard InChI is InChI=1S/C31H39F3N8O3/c1-17(31(32,33)34)7-10-23-26-27(36-19(3)25(38-26)21-13-41(14-21)29(43)45-30(4,5)6)39-28(37-23)40-12-18(2)44-24(16-40)20-11-35-42(15-20)22-8-9-22/h11,15,18,21-22,24H,1,7-10,12-14,16H2,2-6H3. The zero-order valence-corrected chi connectivity index (χ0v) is 26.3. The van der Waals surface area contributed by atoms with Crippen molar-refractivity contribution in [3.8, 4) is 0 Å². The quantitative estimate of drug-likeness (QED) is 0.308. The van der Waals surface area contributed by atoms with Gasteiger partial charge in [0.1, 0.15) is 17.2 Å². The molecule has 3 aromatic rings. The van der Waals surface area contributed by atoms with Crippen LogP contribution in [-0.2, 0) is 15.9 Å². The van der Waals surface area contributed by atoms with Crippen molar-refractivity contribution < 1.29 is 27.4 Å². The van der Waals surface area contributed by atoms with E-state index in [2.05, 4.69) is 11.7 Å². The maximum Gasteiger partial charge on any atom is 0.412 e. The number of fused-ring (bicyclic) bond motifs is 1. The van der Waals surface area contributed by atoms with Gasteiger partial charge in [-0.1, -0.05) is 6.58 Å². The van der Waals surface area contributed by atoms with Crippen LogP contribution in [0.25, 0.3) is 11.2 Å². The lowest BCUT2D eigenvalue weighted by molar-refractivity contribution is -0.0935. The van der Waals surface area contributed by atoms with Crippen molar-refractivity contribution in [2.75, 3.05) is 31.1 Å². The number of aryl methyl sites for hydroxylation is 2. The Labute approximate surface area is 259 Å². The van der Waals surface area contributed by atoms with Crippen LogP contribution >= 0.6 is 0 Å². The number of aromatic nitrogens is 6. The summed E-state index contributed by atoms with van der Waals surface area (Å²) < 4.78 is 53.9. The van der Waals surface area contributed by atoms with E-state index in [1.165, 1.54) is 0 Å². The second kappa shape index (κ2) is 11.5. The third kappa shape index (κ3) is 6.90. The van der Waals surface area contributed by atoms with E-state index in [9.17, 15) is 18.0 Å². The summed E-state index contributed by atoms with van der Waals surface area (Å²) in [6.07, 6.45) is 0.397. The molecule has 2 saturated heterocycles. The number of amides is 1. The fourth-order valence-corrected chi connectivity index (χ4v) is 5.68. The molecule has 0 bridgehead atoms. The molecule has 0 N–H and O–H groups in total. The van der Waals surface area contributed by atoms with E-state index in [4.69, 9.17) is 29.4 Å². The third-order valence-electron chi connectivity index (χ3n) is 8.24. The van der Waals surface area contributed by atoms with Crippen molar-refractivity contribution in [3.63, 3.8) is 0 Å². The molecule has 0 aromatic carbocycles. The lowest BCUT2D eigenvalue weighted by atomic mass is 9.95. The van der Waals surface area contributed by atoms with Crippen LogP contribution < -0.4 is 4.90 Å².